The van der Waals surface area contributed by atoms with Gasteiger partial charge in [0.05, 0.1) is 23.9 Å². The number of carbonyl (C=O) groups excluding carboxylic acids is 1. The lowest BCUT2D eigenvalue weighted by Crippen LogP contribution is -2.26. The fourth-order valence-corrected chi connectivity index (χ4v) is 2.40. The number of aromatic nitrogens is 1. The van der Waals surface area contributed by atoms with Crippen molar-refractivity contribution in [1.29, 1.82) is 0 Å². The molecule has 1 aromatic heterocycles. The summed E-state index contributed by atoms with van der Waals surface area (Å²) in [6.07, 6.45) is 0. The highest BCUT2D eigenvalue weighted by Crippen LogP contribution is 2.17. The van der Waals surface area contributed by atoms with E-state index in [1.165, 1.54) is 0 Å². The van der Waals surface area contributed by atoms with Crippen molar-refractivity contribution in [3.8, 4) is 5.75 Å². The Morgan fingerprint density at radius 2 is 2.26 bits per heavy atom. The summed E-state index contributed by atoms with van der Waals surface area (Å²) in [4.78, 5) is 16.5. The summed E-state index contributed by atoms with van der Waals surface area (Å²) in [5.74, 6) is 0.543. The van der Waals surface area contributed by atoms with Gasteiger partial charge in [-0.2, -0.15) is 0 Å². The monoisotopic (exact) mass is 276 g/mol. The zero-order chi connectivity index (χ0) is 13.8. The fourth-order valence-electron chi connectivity index (χ4n) is 1.70. The van der Waals surface area contributed by atoms with E-state index in [0.29, 0.717) is 11.3 Å². The van der Waals surface area contributed by atoms with Crippen molar-refractivity contribution in [2.24, 2.45) is 0 Å². The zero-order valence-corrected chi connectivity index (χ0v) is 12.0. The first-order chi connectivity index (χ1) is 9.10. The molecule has 0 radical (unpaired) electrons. The number of nitrogens with one attached hydrogen (secondary N) is 1. The third-order valence-electron chi connectivity index (χ3n) is 2.76. The molecule has 2 aromatic rings. The van der Waals surface area contributed by atoms with Gasteiger partial charge in [0, 0.05) is 10.9 Å². The summed E-state index contributed by atoms with van der Waals surface area (Å²) in [7, 11) is 1.58. The van der Waals surface area contributed by atoms with Crippen molar-refractivity contribution in [2.45, 2.75) is 19.9 Å². The Hall–Kier alpha value is -1.88. The van der Waals surface area contributed by atoms with E-state index in [-0.39, 0.29) is 11.9 Å². The van der Waals surface area contributed by atoms with E-state index >= 15 is 0 Å². The maximum absolute atomic E-state index is 12.1. The molecule has 4 nitrogen and oxygen atoms in total. The summed E-state index contributed by atoms with van der Waals surface area (Å²) in [5, 5.41) is 5.89. The van der Waals surface area contributed by atoms with Crippen LogP contribution in [0.25, 0.3) is 0 Å². The lowest BCUT2D eigenvalue weighted by molar-refractivity contribution is 0.0939. The van der Waals surface area contributed by atoms with E-state index < -0.39 is 0 Å². The van der Waals surface area contributed by atoms with Gasteiger partial charge in [-0.25, -0.2) is 4.98 Å². The van der Waals surface area contributed by atoms with Crippen LogP contribution in [-0.4, -0.2) is 18.0 Å². The van der Waals surface area contributed by atoms with Crippen LogP contribution in [0.3, 0.4) is 0 Å². The van der Waals surface area contributed by atoms with Crippen LogP contribution >= 0.6 is 11.3 Å². The largest absolute Gasteiger partial charge is 0.497 e. The number of aryl methyl sites for hydroxylation is 1. The van der Waals surface area contributed by atoms with Gasteiger partial charge in [-0.3, -0.25) is 4.79 Å². The topological polar surface area (TPSA) is 51.2 Å². The normalized spacial score (nSPS) is 11.9. The van der Waals surface area contributed by atoms with Crippen LogP contribution in [0.4, 0.5) is 0 Å². The number of rotatable bonds is 4. The summed E-state index contributed by atoms with van der Waals surface area (Å²) < 4.78 is 5.11. The molecule has 2 rings (SSSR count). The lowest BCUT2D eigenvalue weighted by Gasteiger charge is -2.12. The van der Waals surface area contributed by atoms with Crippen LogP contribution in [0, 0.1) is 6.92 Å². The van der Waals surface area contributed by atoms with Gasteiger partial charge in [-0.1, -0.05) is 6.07 Å². The quantitative estimate of drug-likeness (QED) is 0.934. The van der Waals surface area contributed by atoms with Crippen molar-refractivity contribution in [3.63, 3.8) is 0 Å². The number of hydrogen-bond acceptors (Lipinski definition) is 4. The summed E-state index contributed by atoms with van der Waals surface area (Å²) in [5.41, 5.74) is 1.47. The highest BCUT2D eigenvalue weighted by molar-refractivity contribution is 7.09. The first-order valence-electron chi connectivity index (χ1n) is 5.97. The average molecular weight is 276 g/mol. The smallest absolute Gasteiger partial charge is 0.251 e. The SMILES string of the molecule is COc1cccc(C(=O)NC(C)c2csc(C)n2)c1. The fraction of sp³-hybridized carbons (Fsp3) is 0.286. The lowest BCUT2D eigenvalue weighted by atomic mass is 10.1. The second kappa shape index (κ2) is 5.84. The second-order valence-corrected chi connectivity index (χ2v) is 5.28. The predicted molar refractivity (Wildman–Crippen MR) is 75.7 cm³/mol. The molecule has 1 atom stereocenters. The molecular formula is C14H16N2O2S. The maximum Gasteiger partial charge on any atom is 0.251 e. The van der Waals surface area contributed by atoms with E-state index in [1.807, 2.05) is 25.3 Å². The number of methoxy groups -OCH3 is 1. The number of ether oxygens (including phenoxy) is 1. The van der Waals surface area contributed by atoms with Crippen molar-refractivity contribution in [1.82, 2.24) is 10.3 Å². The van der Waals surface area contributed by atoms with Crippen LogP contribution < -0.4 is 10.1 Å². The van der Waals surface area contributed by atoms with Gasteiger partial charge in [0.2, 0.25) is 0 Å². The van der Waals surface area contributed by atoms with Gasteiger partial charge in [-0.15, -0.1) is 11.3 Å². The molecule has 1 aromatic carbocycles. The number of thiazole rings is 1. The van der Waals surface area contributed by atoms with Crippen LogP contribution in [-0.2, 0) is 0 Å². The van der Waals surface area contributed by atoms with E-state index in [0.717, 1.165) is 10.7 Å². The van der Waals surface area contributed by atoms with E-state index in [1.54, 1.807) is 36.6 Å². The number of hydrogen-bond donors (Lipinski definition) is 1. The molecule has 0 fully saturated rings. The highest BCUT2D eigenvalue weighted by Gasteiger charge is 2.13. The molecule has 1 heterocycles. The van der Waals surface area contributed by atoms with Gasteiger partial charge in [0.25, 0.3) is 5.91 Å². The summed E-state index contributed by atoms with van der Waals surface area (Å²) >= 11 is 1.58. The molecule has 100 valence electrons. The third kappa shape index (κ3) is 3.32. The predicted octanol–water partition coefficient (Wildman–Crippen LogP) is 2.95. The maximum atomic E-state index is 12.1. The highest BCUT2D eigenvalue weighted by atomic mass is 32.1. The molecule has 1 unspecified atom stereocenters. The first-order valence-corrected chi connectivity index (χ1v) is 6.85. The molecule has 0 aliphatic carbocycles. The molecule has 1 amide bonds. The van der Waals surface area contributed by atoms with E-state index in [2.05, 4.69) is 10.3 Å². The Labute approximate surface area is 116 Å². The van der Waals surface area contributed by atoms with Gasteiger partial charge in [-0.05, 0) is 32.0 Å². The Morgan fingerprint density at radius 3 is 2.89 bits per heavy atom. The molecule has 0 saturated carbocycles. The zero-order valence-electron chi connectivity index (χ0n) is 11.1. The van der Waals surface area contributed by atoms with Gasteiger partial charge in [0.15, 0.2) is 0 Å². The van der Waals surface area contributed by atoms with E-state index in [9.17, 15) is 4.79 Å². The molecule has 5 heteroatoms. The molecule has 0 saturated heterocycles. The minimum Gasteiger partial charge on any atom is -0.497 e. The number of carbonyl (C=O) groups is 1. The van der Waals surface area contributed by atoms with Crippen LogP contribution in [0.1, 0.15) is 34.0 Å². The molecule has 0 aliphatic rings. The molecular weight excluding hydrogens is 260 g/mol. The van der Waals surface area contributed by atoms with Gasteiger partial charge >= 0.3 is 0 Å². The molecule has 0 bridgehead atoms. The minimum atomic E-state index is -0.128. The first kappa shape index (κ1) is 13.5. The second-order valence-electron chi connectivity index (χ2n) is 4.22. The molecule has 0 spiro atoms. The van der Waals surface area contributed by atoms with Crippen molar-refractivity contribution in [2.75, 3.05) is 7.11 Å². The van der Waals surface area contributed by atoms with Gasteiger partial charge in [0.1, 0.15) is 5.75 Å². The number of amides is 1. The Kier molecular flexibility index (Phi) is 4.16. The van der Waals surface area contributed by atoms with Crippen LogP contribution in [0.2, 0.25) is 0 Å². The van der Waals surface area contributed by atoms with E-state index in [4.69, 9.17) is 4.74 Å². The molecule has 1 N–H and O–H groups in total. The Bertz CT molecular complexity index is 580. The third-order valence-corrected chi connectivity index (χ3v) is 3.55. The summed E-state index contributed by atoms with van der Waals surface area (Å²) in [6, 6.07) is 6.98. The standard InChI is InChI=1S/C14H16N2O2S/c1-9(13-8-19-10(2)16-13)15-14(17)11-5-4-6-12(7-11)18-3/h4-9H,1-3H3,(H,15,17). The molecule has 19 heavy (non-hydrogen) atoms. The Balaban J connectivity index is 2.08. The van der Waals surface area contributed by atoms with Crippen molar-refractivity contribution >= 4 is 17.2 Å². The summed E-state index contributed by atoms with van der Waals surface area (Å²) in [6.45, 7) is 3.87. The van der Waals surface area contributed by atoms with Crippen LogP contribution in [0.5, 0.6) is 5.75 Å². The van der Waals surface area contributed by atoms with Crippen molar-refractivity contribution in [3.05, 3.63) is 45.9 Å². The van der Waals surface area contributed by atoms with Crippen molar-refractivity contribution < 1.29 is 9.53 Å². The average Bonchev–Trinajstić information content (AvgIpc) is 2.85. The number of benzene rings is 1. The number of nitrogens with zero attached hydrogens (tertiary/aromatic N) is 1. The Morgan fingerprint density at radius 1 is 1.47 bits per heavy atom. The minimum absolute atomic E-state index is 0.108. The van der Waals surface area contributed by atoms with Gasteiger partial charge < -0.3 is 10.1 Å². The van der Waals surface area contributed by atoms with Crippen LogP contribution in [0.15, 0.2) is 29.6 Å². The molecule has 0 aliphatic heterocycles.